The molecule has 0 saturated carbocycles. The van der Waals surface area contributed by atoms with Crippen LogP contribution >= 0.6 is 22.6 Å². The summed E-state index contributed by atoms with van der Waals surface area (Å²) in [6, 6.07) is 9.84. The van der Waals surface area contributed by atoms with Crippen LogP contribution in [0, 0.1) is 14.9 Å². The highest BCUT2D eigenvalue weighted by Crippen LogP contribution is 2.12. The van der Waals surface area contributed by atoms with Crippen molar-refractivity contribution in [1.29, 1.82) is 5.26 Å². The molecule has 0 N–H and O–H groups in total. The summed E-state index contributed by atoms with van der Waals surface area (Å²) < 4.78 is 1.10. The lowest BCUT2D eigenvalue weighted by molar-refractivity contribution is 0.0979. The summed E-state index contributed by atoms with van der Waals surface area (Å²) in [5, 5.41) is 8.38. The molecule has 1 rings (SSSR count). The summed E-state index contributed by atoms with van der Waals surface area (Å²) in [5.74, 6) is 0.226. The topological polar surface area (TPSA) is 40.9 Å². The molecule has 17 heavy (non-hydrogen) atoms. The van der Waals surface area contributed by atoms with Crippen LogP contribution in [0.15, 0.2) is 24.3 Å². The number of carbonyl (C=O) groups is 1. The number of halogens is 1. The van der Waals surface area contributed by atoms with Crippen molar-refractivity contribution >= 4 is 28.4 Å². The van der Waals surface area contributed by atoms with Crippen LogP contribution in [0.25, 0.3) is 0 Å². The largest absolute Gasteiger partial charge is 0.294 e. The Labute approximate surface area is 116 Å². The number of hydrogen-bond donors (Lipinski definition) is 0. The molecule has 0 unspecified atom stereocenters. The standard InChI is InChI=1S/C14H16INO/c15-13-8-6-7-12(11-13)14(17)9-4-2-1-3-5-10-16/h6-8,11H,1-5,9H2. The van der Waals surface area contributed by atoms with Gasteiger partial charge < -0.3 is 0 Å². The van der Waals surface area contributed by atoms with Crippen molar-refractivity contribution in [3.05, 3.63) is 33.4 Å². The maximum Gasteiger partial charge on any atom is 0.162 e. The second-order valence-corrected chi connectivity index (χ2v) is 5.25. The van der Waals surface area contributed by atoms with E-state index >= 15 is 0 Å². The third kappa shape index (κ3) is 5.83. The molecule has 0 aliphatic rings. The summed E-state index contributed by atoms with van der Waals surface area (Å²) in [5.41, 5.74) is 0.814. The molecule has 0 aliphatic heterocycles. The molecule has 0 aliphatic carbocycles. The van der Waals surface area contributed by atoms with Gasteiger partial charge in [-0.3, -0.25) is 4.79 Å². The van der Waals surface area contributed by atoms with E-state index in [2.05, 4.69) is 28.7 Å². The van der Waals surface area contributed by atoms with Gasteiger partial charge in [-0.15, -0.1) is 0 Å². The number of ketones is 1. The lowest BCUT2D eigenvalue weighted by atomic mass is 10.0. The Bertz CT molecular complexity index is 409. The van der Waals surface area contributed by atoms with Gasteiger partial charge in [0.2, 0.25) is 0 Å². The molecule has 0 heterocycles. The molecule has 3 heteroatoms. The van der Waals surface area contributed by atoms with Gasteiger partial charge in [0, 0.05) is 22.0 Å². The number of rotatable bonds is 7. The number of unbranched alkanes of at least 4 members (excludes halogenated alkanes) is 4. The molecule has 0 amide bonds. The van der Waals surface area contributed by atoms with Crippen LogP contribution in [0.1, 0.15) is 48.9 Å². The van der Waals surface area contributed by atoms with Crippen molar-refractivity contribution in [3.63, 3.8) is 0 Å². The Hall–Kier alpha value is -0.890. The molecule has 2 nitrogen and oxygen atoms in total. The van der Waals surface area contributed by atoms with Crippen molar-refractivity contribution in [1.82, 2.24) is 0 Å². The fraction of sp³-hybridized carbons (Fsp3) is 0.429. The van der Waals surface area contributed by atoms with Gasteiger partial charge in [0.05, 0.1) is 6.07 Å². The maximum atomic E-state index is 11.8. The first-order chi connectivity index (χ1) is 8.24. The highest BCUT2D eigenvalue weighted by molar-refractivity contribution is 14.1. The van der Waals surface area contributed by atoms with Crippen LogP contribution in [-0.2, 0) is 0 Å². The first-order valence-corrected chi connectivity index (χ1v) is 6.97. The van der Waals surface area contributed by atoms with Gasteiger partial charge in [0.1, 0.15) is 0 Å². The molecule has 0 bridgehead atoms. The first kappa shape index (κ1) is 14.2. The van der Waals surface area contributed by atoms with Crippen LogP contribution in [-0.4, -0.2) is 5.78 Å². The van der Waals surface area contributed by atoms with E-state index < -0.39 is 0 Å². The minimum Gasteiger partial charge on any atom is -0.294 e. The van der Waals surface area contributed by atoms with Crippen LogP contribution < -0.4 is 0 Å². The minimum absolute atomic E-state index is 0.226. The predicted octanol–water partition coefficient (Wildman–Crippen LogP) is 4.34. The number of Topliss-reactive ketones (excluding diaryl/α,β-unsaturated/α-hetero) is 1. The number of benzene rings is 1. The van der Waals surface area contributed by atoms with E-state index in [1.807, 2.05) is 24.3 Å². The summed E-state index contributed by atoms with van der Waals surface area (Å²) in [6.45, 7) is 0. The van der Waals surface area contributed by atoms with Gasteiger partial charge in [0.15, 0.2) is 5.78 Å². The Kier molecular flexibility index (Phi) is 6.87. The minimum atomic E-state index is 0.226. The molecule has 0 radical (unpaired) electrons. The molecule has 0 atom stereocenters. The molecule has 1 aromatic carbocycles. The van der Waals surface area contributed by atoms with Crippen LogP contribution in [0.5, 0.6) is 0 Å². The summed E-state index contributed by atoms with van der Waals surface area (Å²) >= 11 is 2.22. The zero-order valence-corrected chi connectivity index (χ0v) is 11.9. The molecule has 0 spiro atoms. The van der Waals surface area contributed by atoms with Crippen molar-refractivity contribution in [2.75, 3.05) is 0 Å². The number of hydrogen-bond acceptors (Lipinski definition) is 2. The van der Waals surface area contributed by atoms with Crippen LogP contribution in [0.3, 0.4) is 0 Å². The van der Waals surface area contributed by atoms with Crippen molar-refractivity contribution < 1.29 is 4.79 Å². The van der Waals surface area contributed by atoms with Gasteiger partial charge in [-0.05, 0) is 47.6 Å². The lowest BCUT2D eigenvalue weighted by Crippen LogP contribution is -1.99. The number of nitrogens with zero attached hydrogens (tertiary/aromatic N) is 1. The van der Waals surface area contributed by atoms with E-state index in [0.29, 0.717) is 12.8 Å². The van der Waals surface area contributed by atoms with Gasteiger partial charge >= 0.3 is 0 Å². The third-order valence-electron chi connectivity index (χ3n) is 2.59. The van der Waals surface area contributed by atoms with Crippen molar-refractivity contribution in [2.24, 2.45) is 0 Å². The molecular formula is C14H16INO. The Morgan fingerprint density at radius 3 is 2.71 bits per heavy atom. The highest BCUT2D eigenvalue weighted by atomic mass is 127. The number of carbonyl (C=O) groups excluding carboxylic acids is 1. The second-order valence-electron chi connectivity index (χ2n) is 4.01. The Balaban J connectivity index is 2.24. The van der Waals surface area contributed by atoms with Crippen molar-refractivity contribution in [3.8, 4) is 6.07 Å². The van der Waals surface area contributed by atoms with E-state index in [4.69, 9.17) is 5.26 Å². The van der Waals surface area contributed by atoms with E-state index in [9.17, 15) is 4.79 Å². The molecule has 0 fully saturated rings. The molecule has 0 aromatic heterocycles. The SMILES string of the molecule is N#CCCCCCCC(=O)c1cccc(I)c1. The summed E-state index contributed by atoms with van der Waals surface area (Å²) in [4.78, 5) is 11.8. The van der Waals surface area contributed by atoms with E-state index in [1.165, 1.54) is 0 Å². The Morgan fingerprint density at radius 1 is 1.24 bits per heavy atom. The van der Waals surface area contributed by atoms with Gasteiger partial charge in [0.25, 0.3) is 0 Å². The highest BCUT2D eigenvalue weighted by Gasteiger charge is 2.05. The van der Waals surface area contributed by atoms with E-state index in [-0.39, 0.29) is 5.78 Å². The zero-order chi connectivity index (χ0) is 12.5. The van der Waals surface area contributed by atoms with Gasteiger partial charge in [-0.2, -0.15) is 5.26 Å². The third-order valence-corrected chi connectivity index (χ3v) is 3.26. The monoisotopic (exact) mass is 341 g/mol. The molecule has 1 aromatic rings. The van der Waals surface area contributed by atoms with E-state index in [0.717, 1.165) is 34.8 Å². The maximum absolute atomic E-state index is 11.8. The Morgan fingerprint density at radius 2 is 2.00 bits per heavy atom. The van der Waals surface area contributed by atoms with Crippen LogP contribution in [0.2, 0.25) is 0 Å². The molecule has 90 valence electrons. The number of nitriles is 1. The average molecular weight is 341 g/mol. The van der Waals surface area contributed by atoms with Gasteiger partial charge in [-0.25, -0.2) is 0 Å². The smallest absolute Gasteiger partial charge is 0.162 e. The molecule has 0 saturated heterocycles. The van der Waals surface area contributed by atoms with Crippen molar-refractivity contribution in [2.45, 2.75) is 38.5 Å². The average Bonchev–Trinajstić information content (AvgIpc) is 2.33. The fourth-order valence-corrected chi connectivity index (χ4v) is 2.19. The van der Waals surface area contributed by atoms with Crippen LogP contribution in [0.4, 0.5) is 0 Å². The summed E-state index contributed by atoms with van der Waals surface area (Å²) in [6.07, 6.45) is 5.21. The normalized spacial score (nSPS) is 9.88. The lowest BCUT2D eigenvalue weighted by Gasteiger charge is -2.01. The summed E-state index contributed by atoms with van der Waals surface area (Å²) in [7, 11) is 0. The quantitative estimate of drug-likeness (QED) is 0.421. The predicted molar refractivity (Wildman–Crippen MR) is 76.8 cm³/mol. The second kappa shape index (κ2) is 8.24. The van der Waals surface area contributed by atoms with E-state index in [1.54, 1.807) is 0 Å². The molecular weight excluding hydrogens is 325 g/mol. The van der Waals surface area contributed by atoms with Gasteiger partial charge in [-0.1, -0.05) is 25.0 Å². The zero-order valence-electron chi connectivity index (χ0n) is 9.79. The fourth-order valence-electron chi connectivity index (χ4n) is 1.65. The first-order valence-electron chi connectivity index (χ1n) is 5.90.